The maximum Gasteiger partial charge on any atom is 0.592 e. The van der Waals surface area contributed by atoms with Crippen LogP contribution in [0.15, 0.2) is 0 Å². The summed E-state index contributed by atoms with van der Waals surface area (Å²) in [7, 11) is 1.65. The van der Waals surface area contributed by atoms with E-state index >= 15 is 0 Å². The first-order valence-electron chi connectivity index (χ1n) is 19.1. The molecule has 276 valence electrons. The number of carbonyl (C=O) groups is 2. The zero-order valence-electron chi connectivity index (χ0n) is 30.9. The van der Waals surface area contributed by atoms with Crippen molar-refractivity contribution in [3.63, 3.8) is 0 Å². The van der Waals surface area contributed by atoms with E-state index < -0.39 is 19.8 Å². The number of hydrogen-bond acceptors (Lipinski definition) is 6. The molecule has 0 unspecified atom stereocenters. The van der Waals surface area contributed by atoms with Gasteiger partial charge in [0.25, 0.3) is 0 Å². The molecule has 0 aromatic rings. The van der Waals surface area contributed by atoms with E-state index in [1.54, 1.807) is 0 Å². The standard InChI is InChI=1S/C37H75NO6P.ClH/c1-6-8-10-12-14-16-18-20-22-24-26-28-30-32-36(39)43-45(41,42-35-34-38(3,4)5)44-37(40)33-31-29-27-25-23-21-19-17-15-13-11-9-7-2;/h6-35H2,1-5H3;1H/q+1;/p-1. The van der Waals surface area contributed by atoms with Crippen LogP contribution in [-0.2, 0) is 27.7 Å². The molecule has 0 aromatic carbocycles. The van der Waals surface area contributed by atoms with Crippen LogP contribution in [0.25, 0.3) is 0 Å². The quantitative estimate of drug-likeness (QED) is 0.0380. The Bertz CT molecular complexity index is 698. The zero-order chi connectivity index (χ0) is 33.5. The SMILES string of the molecule is CCCCCCCCCCCCCCCC(=O)OP(=O)(OCC[N+](C)(C)C)OC(=O)CCCCCCCCCCCCCCC.[Cl-]. The normalized spacial score (nSPS) is 11.8. The van der Waals surface area contributed by atoms with Gasteiger partial charge in [0.15, 0.2) is 0 Å². The number of hydrogen-bond donors (Lipinski definition) is 0. The fraction of sp³-hybridized carbons (Fsp3) is 0.946. The van der Waals surface area contributed by atoms with E-state index in [1.165, 1.54) is 128 Å². The number of rotatable bonds is 34. The number of nitrogens with zero attached hydrogens (tertiary/aromatic N) is 1. The van der Waals surface area contributed by atoms with E-state index in [0.29, 0.717) is 23.9 Å². The van der Waals surface area contributed by atoms with Gasteiger partial charge in [-0.2, -0.15) is 0 Å². The molecule has 0 aliphatic rings. The first kappa shape index (κ1) is 47.5. The Morgan fingerprint density at radius 3 is 1.00 bits per heavy atom. The minimum absolute atomic E-state index is 0. The van der Waals surface area contributed by atoms with E-state index in [-0.39, 0.29) is 31.9 Å². The molecule has 0 aromatic heterocycles. The predicted octanol–water partition coefficient (Wildman–Crippen LogP) is 8.87. The van der Waals surface area contributed by atoms with E-state index in [0.717, 1.165) is 25.7 Å². The van der Waals surface area contributed by atoms with E-state index in [9.17, 15) is 14.2 Å². The van der Waals surface area contributed by atoms with Gasteiger partial charge in [0.05, 0.1) is 21.1 Å². The molecule has 0 rings (SSSR count). The Balaban J connectivity index is 0. The smallest absolute Gasteiger partial charge is 0.592 e. The number of phosphoric ester groups is 1. The number of carbonyl (C=O) groups excluding carboxylic acids is 2. The summed E-state index contributed by atoms with van der Waals surface area (Å²) < 4.78 is 29.7. The average molecular weight is 696 g/mol. The lowest BCUT2D eigenvalue weighted by Gasteiger charge is -2.24. The van der Waals surface area contributed by atoms with E-state index in [2.05, 4.69) is 13.8 Å². The van der Waals surface area contributed by atoms with Crippen molar-refractivity contribution in [2.24, 2.45) is 0 Å². The zero-order valence-corrected chi connectivity index (χ0v) is 32.6. The highest BCUT2D eigenvalue weighted by molar-refractivity contribution is 7.49. The molecule has 0 heterocycles. The van der Waals surface area contributed by atoms with Gasteiger partial charge in [-0.15, -0.1) is 0 Å². The number of unbranched alkanes of at least 4 members (excludes halogenated alkanes) is 24. The molecule has 0 radical (unpaired) electrons. The van der Waals surface area contributed by atoms with Crippen molar-refractivity contribution in [2.45, 2.75) is 194 Å². The summed E-state index contributed by atoms with van der Waals surface area (Å²) >= 11 is 0. The fourth-order valence-corrected chi connectivity index (χ4v) is 6.54. The van der Waals surface area contributed by atoms with Crippen LogP contribution in [0.2, 0.25) is 0 Å². The van der Waals surface area contributed by atoms with Crippen molar-refractivity contribution < 1.29 is 44.6 Å². The largest absolute Gasteiger partial charge is 1.00 e. The number of phosphoric acid groups is 1. The van der Waals surface area contributed by atoms with Crippen molar-refractivity contribution in [1.82, 2.24) is 0 Å². The third kappa shape index (κ3) is 34.7. The summed E-state index contributed by atoms with van der Waals surface area (Å²) in [6.45, 7) is 5.11. The van der Waals surface area contributed by atoms with Crippen LogP contribution >= 0.6 is 7.82 Å². The Labute approximate surface area is 291 Å². The van der Waals surface area contributed by atoms with Gasteiger partial charge in [-0.1, -0.05) is 168 Å². The number of quaternary nitrogens is 1. The molecule has 0 saturated heterocycles. The van der Waals surface area contributed by atoms with Crippen LogP contribution in [-0.4, -0.2) is 50.7 Å². The van der Waals surface area contributed by atoms with Crippen molar-refractivity contribution in [3.8, 4) is 0 Å². The van der Waals surface area contributed by atoms with Gasteiger partial charge < -0.3 is 25.9 Å². The van der Waals surface area contributed by atoms with Crippen molar-refractivity contribution in [1.29, 1.82) is 0 Å². The Hall–Kier alpha value is -0.620. The molecule has 0 fully saturated rings. The molecule has 7 nitrogen and oxygen atoms in total. The molecular weight excluding hydrogens is 621 g/mol. The molecule has 0 N–H and O–H groups in total. The molecule has 0 aliphatic heterocycles. The lowest BCUT2D eigenvalue weighted by Crippen LogP contribution is -3.00. The molecule has 0 spiro atoms. The molecule has 0 saturated carbocycles. The Morgan fingerprint density at radius 1 is 0.478 bits per heavy atom. The maximum atomic E-state index is 13.3. The van der Waals surface area contributed by atoms with Crippen LogP contribution in [0.3, 0.4) is 0 Å². The Morgan fingerprint density at radius 2 is 0.739 bits per heavy atom. The van der Waals surface area contributed by atoms with Crippen LogP contribution < -0.4 is 12.4 Å². The van der Waals surface area contributed by atoms with Gasteiger partial charge in [0, 0.05) is 12.8 Å². The van der Waals surface area contributed by atoms with Gasteiger partial charge in [0.1, 0.15) is 13.2 Å². The monoisotopic (exact) mass is 696 g/mol. The summed E-state index contributed by atoms with van der Waals surface area (Å²) in [5.74, 6) is -1.25. The third-order valence-electron chi connectivity index (χ3n) is 8.41. The molecule has 9 heteroatoms. The number of likely N-dealkylation sites (N-methyl/N-ethyl adjacent to an activating group) is 1. The molecule has 0 aliphatic carbocycles. The summed E-state index contributed by atoms with van der Waals surface area (Å²) in [6.07, 6.45) is 31.9. The molecule has 0 bridgehead atoms. The van der Waals surface area contributed by atoms with Crippen LogP contribution in [0, 0.1) is 0 Å². The summed E-state index contributed by atoms with van der Waals surface area (Å²) in [6, 6.07) is 0. The van der Waals surface area contributed by atoms with Gasteiger partial charge >= 0.3 is 19.8 Å². The molecule has 0 amide bonds. The second-order valence-electron chi connectivity index (χ2n) is 14.2. The third-order valence-corrected chi connectivity index (χ3v) is 9.76. The summed E-state index contributed by atoms with van der Waals surface area (Å²) in [5.41, 5.74) is 0. The van der Waals surface area contributed by atoms with Crippen molar-refractivity contribution in [2.75, 3.05) is 34.3 Å². The van der Waals surface area contributed by atoms with Gasteiger partial charge in [-0.25, -0.2) is 4.57 Å². The first-order valence-corrected chi connectivity index (χ1v) is 20.6. The molecular formula is C37H75ClNO6P. The molecule has 0 atom stereocenters. The van der Waals surface area contributed by atoms with Crippen molar-refractivity contribution in [3.05, 3.63) is 0 Å². The van der Waals surface area contributed by atoms with Crippen LogP contribution in [0.5, 0.6) is 0 Å². The highest BCUT2D eigenvalue weighted by Gasteiger charge is 2.35. The second-order valence-corrected chi connectivity index (χ2v) is 15.7. The van der Waals surface area contributed by atoms with Gasteiger partial charge in [-0.3, -0.25) is 14.1 Å². The minimum Gasteiger partial charge on any atom is -1.00 e. The van der Waals surface area contributed by atoms with Crippen LogP contribution in [0.4, 0.5) is 0 Å². The topological polar surface area (TPSA) is 78.9 Å². The highest BCUT2D eigenvalue weighted by Crippen LogP contribution is 2.50. The number of halogens is 1. The summed E-state index contributed by atoms with van der Waals surface area (Å²) in [4.78, 5) is 25.0. The lowest BCUT2D eigenvalue weighted by atomic mass is 10.0. The average Bonchev–Trinajstić information content (AvgIpc) is 2.97. The van der Waals surface area contributed by atoms with E-state index in [4.69, 9.17) is 13.6 Å². The predicted molar refractivity (Wildman–Crippen MR) is 189 cm³/mol. The van der Waals surface area contributed by atoms with Gasteiger partial charge in [-0.05, 0) is 12.8 Å². The van der Waals surface area contributed by atoms with Crippen molar-refractivity contribution >= 4 is 19.8 Å². The lowest BCUT2D eigenvalue weighted by molar-refractivity contribution is -0.870. The van der Waals surface area contributed by atoms with E-state index in [1.807, 2.05) is 21.1 Å². The summed E-state index contributed by atoms with van der Waals surface area (Å²) in [5, 5.41) is 0. The molecule has 46 heavy (non-hydrogen) atoms. The Kier molecular flexibility index (Phi) is 34.0. The van der Waals surface area contributed by atoms with Gasteiger partial charge in [0.2, 0.25) is 0 Å². The van der Waals surface area contributed by atoms with Crippen LogP contribution in [0.1, 0.15) is 194 Å². The minimum atomic E-state index is -4.30. The second kappa shape index (κ2) is 32.9. The maximum absolute atomic E-state index is 13.3. The highest BCUT2D eigenvalue weighted by atomic mass is 35.5. The first-order chi connectivity index (χ1) is 21.6. The fourth-order valence-electron chi connectivity index (χ4n) is 5.41.